The molecule has 0 bridgehead atoms. The smallest absolute Gasteiger partial charge is 0.100 e. The van der Waals surface area contributed by atoms with Crippen LogP contribution in [0.3, 0.4) is 0 Å². The van der Waals surface area contributed by atoms with E-state index in [1.54, 1.807) is 0 Å². The van der Waals surface area contributed by atoms with Crippen molar-refractivity contribution in [2.75, 3.05) is 26.4 Å². The van der Waals surface area contributed by atoms with E-state index >= 15 is 0 Å². The molecule has 0 aromatic heterocycles. The summed E-state index contributed by atoms with van der Waals surface area (Å²) in [5.41, 5.74) is 0. The Morgan fingerprint density at radius 1 is 0.519 bits per heavy atom. The zero-order valence-electron chi connectivity index (χ0n) is 18.5. The molecule has 0 heterocycles. The first kappa shape index (κ1) is 29.0. The van der Waals surface area contributed by atoms with Crippen molar-refractivity contribution in [3.05, 3.63) is 0 Å². The van der Waals surface area contributed by atoms with Crippen molar-refractivity contribution in [3.63, 3.8) is 0 Å². The van der Waals surface area contributed by atoms with E-state index in [0.29, 0.717) is 0 Å². The van der Waals surface area contributed by atoms with E-state index in [2.05, 4.69) is 13.8 Å². The van der Waals surface area contributed by atoms with E-state index in [1.165, 1.54) is 103 Å². The largest absolute Gasteiger partial charge is 0.394 e. The van der Waals surface area contributed by atoms with Gasteiger partial charge in [0.05, 0.1) is 13.2 Å². The van der Waals surface area contributed by atoms with E-state index in [0.717, 1.165) is 13.2 Å². The summed E-state index contributed by atoms with van der Waals surface area (Å²) in [6.07, 6.45) is 21.3. The summed E-state index contributed by atoms with van der Waals surface area (Å²) < 4.78 is 5.71. The van der Waals surface area contributed by atoms with E-state index in [4.69, 9.17) is 20.1 Å². The third-order valence-corrected chi connectivity index (χ3v) is 4.71. The van der Waals surface area contributed by atoms with Crippen LogP contribution in [0.4, 0.5) is 0 Å². The van der Waals surface area contributed by atoms with Crippen molar-refractivity contribution in [2.24, 2.45) is 0 Å². The molecule has 0 rings (SSSR count). The zero-order valence-corrected chi connectivity index (χ0v) is 18.5. The van der Waals surface area contributed by atoms with Crippen LogP contribution < -0.4 is 0 Å². The van der Waals surface area contributed by atoms with Gasteiger partial charge in [0, 0.05) is 13.2 Å². The number of rotatable bonds is 20. The van der Waals surface area contributed by atoms with Crippen molar-refractivity contribution < 1.29 is 20.1 Å². The van der Waals surface area contributed by atoms with Crippen LogP contribution >= 0.6 is 0 Å². The maximum Gasteiger partial charge on any atom is 0.100 e. The molecule has 0 aliphatic rings. The lowest BCUT2D eigenvalue weighted by atomic mass is 10.1. The van der Waals surface area contributed by atoms with Gasteiger partial charge in [-0.1, -0.05) is 104 Å². The fourth-order valence-electron chi connectivity index (χ4n) is 2.84. The average molecular weight is 391 g/mol. The van der Waals surface area contributed by atoms with E-state index < -0.39 is 6.10 Å². The van der Waals surface area contributed by atoms with Crippen molar-refractivity contribution in [3.8, 4) is 0 Å². The minimum Gasteiger partial charge on any atom is -0.394 e. The molecule has 0 saturated heterocycles. The Labute approximate surface area is 169 Å². The minimum atomic E-state index is -0.954. The molecule has 0 radical (unpaired) electrons. The van der Waals surface area contributed by atoms with Crippen LogP contribution in [-0.4, -0.2) is 47.9 Å². The first-order valence-corrected chi connectivity index (χ1v) is 11.7. The molecule has 0 amide bonds. The first-order valence-electron chi connectivity index (χ1n) is 11.7. The first-order chi connectivity index (χ1) is 13.2. The van der Waals surface area contributed by atoms with Gasteiger partial charge in [0.1, 0.15) is 6.10 Å². The van der Waals surface area contributed by atoms with Crippen LogP contribution in [0.25, 0.3) is 0 Å². The van der Waals surface area contributed by atoms with Gasteiger partial charge in [-0.05, 0) is 12.8 Å². The molecule has 0 aromatic rings. The molecule has 0 aliphatic heterocycles. The highest BCUT2D eigenvalue weighted by atomic mass is 16.5. The monoisotopic (exact) mass is 390 g/mol. The average Bonchev–Trinajstić information content (AvgIpc) is 2.70. The lowest BCUT2D eigenvalue weighted by Crippen LogP contribution is -2.15. The van der Waals surface area contributed by atoms with E-state index in [-0.39, 0.29) is 13.2 Å². The van der Waals surface area contributed by atoms with E-state index in [1.807, 2.05) is 0 Å². The van der Waals surface area contributed by atoms with Crippen LogP contribution in [0.1, 0.15) is 117 Å². The van der Waals surface area contributed by atoms with E-state index in [9.17, 15) is 0 Å². The van der Waals surface area contributed by atoms with Crippen LogP contribution in [0.2, 0.25) is 0 Å². The Morgan fingerprint density at radius 3 is 1.07 bits per heavy atom. The van der Waals surface area contributed by atoms with Crippen molar-refractivity contribution >= 4 is 0 Å². The highest BCUT2D eigenvalue weighted by Gasteiger charge is 1.95. The minimum absolute atomic E-state index is 0.365. The van der Waals surface area contributed by atoms with Gasteiger partial charge in [-0.3, -0.25) is 0 Å². The molecule has 0 aromatic carbocycles. The quantitative estimate of drug-likeness (QED) is 0.236. The summed E-state index contributed by atoms with van der Waals surface area (Å²) >= 11 is 0. The molecule has 0 saturated carbocycles. The normalized spacial score (nSPS) is 10.9. The maximum absolute atomic E-state index is 8.17. The summed E-state index contributed by atoms with van der Waals surface area (Å²) in [6, 6.07) is 0. The number of hydrogen-bond donors (Lipinski definition) is 3. The second-order valence-corrected chi connectivity index (χ2v) is 7.58. The van der Waals surface area contributed by atoms with Gasteiger partial charge in [-0.2, -0.15) is 0 Å². The lowest BCUT2D eigenvalue weighted by Gasteiger charge is -2.05. The van der Waals surface area contributed by atoms with Gasteiger partial charge in [0.2, 0.25) is 0 Å². The molecule has 4 heteroatoms. The molecule has 27 heavy (non-hydrogen) atoms. The molecule has 0 spiro atoms. The Kier molecular flexibility index (Phi) is 30.2. The van der Waals surface area contributed by atoms with Gasteiger partial charge in [-0.15, -0.1) is 0 Å². The SMILES string of the molecule is CCCCCCCCCCCCOCCCCCCCC.OCC(O)CO. The van der Waals surface area contributed by atoms with Crippen LogP contribution in [-0.2, 0) is 4.74 Å². The van der Waals surface area contributed by atoms with Crippen LogP contribution in [0.15, 0.2) is 0 Å². The van der Waals surface area contributed by atoms with Gasteiger partial charge in [0.15, 0.2) is 0 Å². The number of aliphatic hydroxyl groups is 3. The number of aliphatic hydroxyl groups excluding tert-OH is 3. The highest BCUT2D eigenvalue weighted by molar-refractivity contribution is 4.48. The lowest BCUT2D eigenvalue weighted by molar-refractivity contribution is 0.0450. The third kappa shape index (κ3) is 30.8. The fraction of sp³-hybridized carbons (Fsp3) is 1.00. The van der Waals surface area contributed by atoms with Gasteiger partial charge in [-0.25, -0.2) is 0 Å². The summed E-state index contributed by atoms with van der Waals surface area (Å²) in [7, 11) is 0. The van der Waals surface area contributed by atoms with Crippen molar-refractivity contribution in [2.45, 2.75) is 123 Å². The number of unbranched alkanes of at least 4 members (excludes halogenated alkanes) is 14. The molecule has 0 fully saturated rings. The van der Waals surface area contributed by atoms with Gasteiger partial charge in [0.25, 0.3) is 0 Å². The standard InChI is InChI=1S/C20H42O.C3H8O3/c1-3-5-7-9-11-12-13-14-16-18-20-21-19-17-15-10-8-6-4-2;4-1-3(6)2-5/h3-20H2,1-2H3;3-6H,1-2H2. The highest BCUT2D eigenvalue weighted by Crippen LogP contribution is 2.10. The third-order valence-electron chi connectivity index (χ3n) is 4.71. The van der Waals surface area contributed by atoms with Crippen molar-refractivity contribution in [1.29, 1.82) is 0 Å². The summed E-state index contributed by atoms with van der Waals surface area (Å²) in [5.74, 6) is 0. The predicted octanol–water partition coefficient (Wildman–Crippen LogP) is 5.62. The van der Waals surface area contributed by atoms with Gasteiger partial charge < -0.3 is 20.1 Å². The topological polar surface area (TPSA) is 69.9 Å². The molecule has 4 nitrogen and oxygen atoms in total. The number of ether oxygens (including phenoxy) is 1. The molecule has 0 unspecified atom stereocenters. The second kappa shape index (κ2) is 28.1. The molecular weight excluding hydrogens is 340 g/mol. The van der Waals surface area contributed by atoms with Crippen molar-refractivity contribution in [1.82, 2.24) is 0 Å². The summed E-state index contributed by atoms with van der Waals surface area (Å²) in [4.78, 5) is 0. The Hall–Kier alpha value is -0.160. The molecule has 0 atom stereocenters. The van der Waals surface area contributed by atoms with Crippen LogP contribution in [0, 0.1) is 0 Å². The predicted molar refractivity (Wildman–Crippen MR) is 116 cm³/mol. The Balaban J connectivity index is 0. The maximum atomic E-state index is 8.17. The van der Waals surface area contributed by atoms with Gasteiger partial charge >= 0.3 is 0 Å². The Morgan fingerprint density at radius 2 is 0.815 bits per heavy atom. The summed E-state index contributed by atoms with van der Waals surface area (Å²) in [5, 5.41) is 24.0. The molecule has 3 N–H and O–H groups in total. The number of hydrogen-bond acceptors (Lipinski definition) is 4. The fourth-order valence-corrected chi connectivity index (χ4v) is 2.84. The zero-order chi connectivity index (χ0) is 20.4. The summed E-state index contributed by atoms with van der Waals surface area (Å²) in [6.45, 7) is 5.81. The molecule has 166 valence electrons. The Bertz CT molecular complexity index is 214. The molecule has 0 aliphatic carbocycles. The van der Waals surface area contributed by atoms with Crippen LogP contribution in [0.5, 0.6) is 0 Å². The second-order valence-electron chi connectivity index (χ2n) is 7.58. The molecular formula is C23H50O4.